The highest BCUT2D eigenvalue weighted by molar-refractivity contribution is 6.36. The van der Waals surface area contributed by atoms with Gasteiger partial charge in [-0.3, -0.25) is 4.79 Å². The summed E-state index contributed by atoms with van der Waals surface area (Å²) in [5.74, 6) is -0.489. The van der Waals surface area contributed by atoms with E-state index in [2.05, 4.69) is 10.3 Å². The molecule has 1 N–H and O–H groups in total. The first-order valence-electron chi connectivity index (χ1n) is 7.08. The third-order valence-electron chi connectivity index (χ3n) is 2.95. The maximum absolute atomic E-state index is 11.8. The number of rotatable bonds is 6. The quantitative estimate of drug-likeness (QED) is 0.611. The maximum atomic E-state index is 11.8. The predicted octanol–water partition coefficient (Wildman–Crippen LogP) is 3.59. The first-order valence-corrected chi connectivity index (χ1v) is 7.84. The van der Waals surface area contributed by atoms with Crippen LogP contribution >= 0.6 is 23.2 Å². The second kappa shape index (κ2) is 9.05. The number of anilines is 1. The zero-order valence-corrected chi connectivity index (χ0v) is 14.7. The molecule has 1 amide bonds. The molecule has 6 nitrogen and oxygen atoms in total. The van der Waals surface area contributed by atoms with Crippen LogP contribution in [0.15, 0.2) is 42.6 Å². The van der Waals surface area contributed by atoms with Crippen LogP contribution in [0.2, 0.25) is 10.0 Å². The summed E-state index contributed by atoms with van der Waals surface area (Å²) in [5.41, 5.74) is 0.712. The zero-order chi connectivity index (χ0) is 18.2. The van der Waals surface area contributed by atoms with E-state index in [9.17, 15) is 9.59 Å². The van der Waals surface area contributed by atoms with Gasteiger partial charge in [-0.15, -0.1) is 0 Å². The second-order valence-electron chi connectivity index (χ2n) is 4.72. The molecule has 0 aliphatic heterocycles. The number of methoxy groups -OCH3 is 1. The molecule has 2 rings (SSSR count). The molecular formula is C17H14Cl2N2O4. The minimum atomic E-state index is -0.670. The number of ether oxygens (including phenoxy) is 2. The Morgan fingerprint density at radius 1 is 1.28 bits per heavy atom. The molecule has 0 atom stereocenters. The first kappa shape index (κ1) is 18.8. The summed E-state index contributed by atoms with van der Waals surface area (Å²) in [5, 5.41) is 2.95. The van der Waals surface area contributed by atoms with E-state index in [1.807, 2.05) is 12.1 Å². The molecule has 0 fully saturated rings. The summed E-state index contributed by atoms with van der Waals surface area (Å²) in [4.78, 5) is 27.3. The van der Waals surface area contributed by atoms with Crippen molar-refractivity contribution in [1.29, 1.82) is 0 Å². The van der Waals surface area contributed by atoms with Crippen LogP contribution in [-0.4, -0.2) is 30.6 Å². The fraction of sp³-hybridized carbons (Fsp3) is 0.118. The SMILES string of the molecule is COc1ccccc1/C=C/C(=O)OCC(=O)Nc1ncc(Cl)cc1Cl. The third-order valence-corrected chi connectivity index (χ3v) is 3.44. The molecule has 1 heterocycles. The highest BCUT2D eigenvalue weighted by Crippen LogP contribution is 2.22. The largest absolute Gasteiger partial charge is 0.496 e. The van der Waals surface area contributed by atoms with Crippen LogP contribution < -0.4 is 10.1 Å². The Hall–Kier alpha value is -2.57. The van der Waals surface area contributed by atoms with Crippen molar-refractivity contribution in [3.8, 4) is 5.75 Å². The lowest BCUT2D eigenvalue weighted by Crippen LogP contribution is -2.20. The summed E-state index contributed by atoms with van der Waals surface area (Å²) >= 11 is 11.6. The van der Waals surface area contributed by atoms with Crippen LogP contribution in [0.1, 0.15) is 5.56 Å². The lowest BCUT2D eigenvalue weighted by atomic mass is 10.2. The van der Waals surface area contributed by atoms with Crippen molar-refractivity contribution in [3.63, 3.8) is 0 Å². The van der Waals surface area contributed by atoms with Crippen LogP contribution in [0, 0.1) is 0 Å². The minimum absolute atomic E-state index is 0.136. The number of nitrogens with zero attached hydrogens (tertiary/aromatic N) is 1. The Kier molecular flexibility index (Phi) is 6.80. The summed E-state index contributed by atoms with van der Waals surface area (Å²) in [6.45, 7) is -0.476. The van der Waals surface area contributed by atoms with Crippen molar-refractivity contribution >= 4 is 47.0 Å². The van der Waals surface area contributed by atoms with Crippen LogP contribution in [0.5, 0.6) is 5.75 Å². The van der Waals surface area contributed by atoms with E-state index in [0.717, 1.165) is 0 Å². The maximum Gasteiger partial charge on any atom is 0.331 e. The number of benzene rings is 1. The van der Waals surface area contributed by atoms with E-state index >= 15 is 0 Å². The van der Waals surface area contributed by atoms with Crippen molar-refractivity contribution in [2.45, 2.75) is 0 Å². The van der Waals surface area contributed by atoms with E-state index in [0.29, 0.717) is 16.3 Å². The van der Waals surface area contributed by atoms with Crippen LogP contribution in [0.4, 0.5) is 5.82 Å². The van der Waals surface area contributed by atoms with Gasteiger partial charge in [0.05, 0.1) is 17.2 Å². The number of para-hydroxylation sites is 1. The summed E-state index contributed by atoms with van der Waals surface area (Å²) in [6.07, 6.45) is 4.08. The summed E-state index contributed by atoms with van der Waals surface area (Å²) in [7, 11) is 1.53. The van der Waals surface area contributed by atoms with Gasteiger partial charge in [0.25, 0.3) is 5.91 Å². The molecule has 1 aromatic heterocycles. The summed E-state index contributed by atoms with van der Waals surface area (Å²) < 4.78 is 10.0. The van der Waals surface area contributed by atoms with Gasteiger partial charge in [0.15, 0.2) is 12.4 Å². The molecule has 0 bridgehead atoms. The number of carbonyl (C=O) groups excluding carboxylic acids is 2. The van der Waals surface area contributed by atoms with Gasteiger partial charge in [-0.1, -0.05) is 41.4 Å². The monoisotopic (exact) mass is 380 g/mol. The topological polar surface area (TPSA) is 77.5 Å². The Bertz CT molecular complexity index is 809. The Morgan fingerprint density at radius 3 is 2.76 bits per heavy atom. The first-order chi connectivity index (χ1) is 12.0. The van der Waals surface area contributed by atoms with Crippen molar-refractivity contribution in [1.82, 2.24) is 4.98 Å². The van der Waals surface area contributed by atoms with Crippen LogP contribution in [0.25, 0.3) is 6.08 Å². The molecule has 25 heavy (non-hydrogen) atoms. The van der Waals surface area contributed by atoms with Gasteiger partial charge in [0, 0.05) is 17.8 Å². The van der Waals surface area contributed by atoms with Crippen molar-refractivity contribution in [3.05, 3.63) is 58.2 Å². The highest BCUT2D eigenvalue weighted by atomic mass is 35.5. The van der Waals surface area contributed by atoms with E-state index in [1.54, 1.807) is 12.1 Å². The van der Waals surface area contributed by atoms with Gasteiger partial charge in [0.1, 0.15) is 5.75 Å². The number of pyridine rings is 1. The number of halogens is 2. The van der Waals surface area contributed by atoms with Crippen molar-refractivity contribution < 1.29 is 19.1 Å². The molecule has 1 aromatic carbocycles. The van der Waals surface area contributed by atoms with E-state index in [4.69, 9.17) is 32.7 Å². The van der Waals surface area contributed by atoms with Crippen LogP contribution in [0.3, 0.4) is 0 Å². The highest BCUT2D eigenvalue weighted by Gasteiger charge is 2.10. The lowest BCUT2D eigenvalue weighted by molar-refractivity contribution is -0.142. The number of aromatic nitrogens is 1. The average Bonchev–Trinajstić information content (AvgIpc) is 2.60. The molecule has 0 saturated carbocycles. The predicted molar refractivity (Wildman–Crippen MR) is 95.9 cm³/mol. The Labute approximate surface area is 154 Å². The minimum Gasteiger partial charge on any atom is -0.496 e. The number of hydrogen-bond acceptors (Lipinski definition) is 5. The molecule has 0 aliphatic carbocycles. The molecular weight excluding hydrogens is 367 g/mol. The molecule has 130 valence electrons. The smallest absolute Gasteiger partial charge is 0.331 e. The molecule has 0 radical (unpaired) electrons. The van der Waals surface area contributed by atoms with Crippen LogP contribution in [-0.2, 0) is 14.3 Å². The second-order valence-corrected chi connectivity index (χ2v) is 5.56. The van der Waals surface area contributed by atoms with Gasteiger partial charge in [-0.25, -0.2) is 9.78 Å². The van der Waals surface area contributed by atoms with Gasteiger partial charge >= 0.3 is 5.97 Å². The normalized spacial score (nSPS) is 10.5. The molecule has 0 saturated heterocycles. The number of nitrogens with one attached hydrogen (secondary N) is 1. The Balaban J connectivity index is 1.87. The van der Waals surface area contributed by atoms with Crippen molar-refractivity contribution in [2.75, 3.05) is 19.0 Å². The number of carbonyl (C=O) groups is 2. The lowest BCUT2D eigenvalue weighted by Gasteiger charge is -2.06. The van der Waals surface area contributed by atoms with E-state index in [1.165, 1.54) is 31.5 Å². The number of amides is 1. The van der Waals surface area contributed by atoms with Gasteiger partial charge in [-0.2, -0.15) is 0 Å². The standard InChI is InChI=1S/C17H14Cl2N2O4/c1-24-14-5-3-2-4-11(14)6-7-16(23)25-10-15(22)21-17-13(19)8-12(18)9-20-17/h2-9H,10H2,1H3,(H,20,21,22)/b7-6+. The molecule has 0 spiro atoms. The molecule has 2 aromatic rings. The van der Waals surface area contributed by atoms with Gasteiger partial charge in [-0.05, 0) is 18.2 Å². The van der Waals surface area contributed by atoms with Gasteiger partial charge < -0.3 is 14.8 Å². The van der Waals surface area contributed by atoms with E-state index in [-0.39, 0.29) is 10.8 Å². The van der Waals surface area contributed by atoms with Gasteiger partial charge in [0.2, 0.25) is 0 Å². The zero-order valence-electron chi connectivity index (χ0n) is 13.2. The summed E-state index contributed by atoms with van der Waals surface area (Å²) in [6, 6.07) is 8.61. The molecule has 0 aliphatic rings. The Morgan fingerprint density at radius 2 is 2.04 bits per heavy atom. The number of hydrogen-bond donors (Lipinski definition) is 1. The van der Waals surface area contributed by atoms with Crippen molar-refractivity contribution in [2.24, 2.45) is 0 Å². The fourth-order valence-corrected chi connectivity index (χ4v) is 2.25. The number of esters is 1. The molecule has 0 unspecified atom stereocenters. The average molecular weight is 381 g/mol. The molecule has 8 heteroatoms. The van der Waals surface area contributed by atoms with E-state index < -0.39 is 18.5 Å². The fourth-order valence-electron chi connectivity index (χ4n) is 1.82. The third kappa shape index (κ3) is 5.77.